The normalized spacial score (nSPS) is 12.2. The van der Waals surface area contributed by atoms with Gasteiger partial charge in [0.25, 0.3) is 0 Å². The zero-order chi connectivity index (χ0) is 14.4. The minimum atomic E-state index is -0.680. The number of amides is 1. The van der Waals surface area contributed by atoms with Crippen molar-refractivity contribution in [2.45, 2.75) is 6.04 Å². The van der Waals surface area contributed by atoms with E-state index in [-0.39, 0.29) is 11.5 Å². The van der Waals surface area contributed by atoms with Crippen molar-refractivity contribution in [3.63, 3.8) is 0 Å². The number of phenols is 1. The number of ether oxygens (including phenoxy) is 2. The third-order valence-corrected chi connectivity index (χ3v) is 3.15. The van der Waals surface area contributed by atoms with Crippen molar-refractivity contribution in [3.05, 3.63) is 22.2 Å². The van der Waals surface area contributed by atoms with E-state index in [1.807, 2.05) is 0 Å². The van der Waals surface area contributed by atoms with E-state index in [9.17, 15) is 9.90 Å². The number of methoxy groups -OCH3 is 2. The summed E-state index contributed by atoms with van der Waals surface area (Å²) in [4.78, 5) is 11.5. The number of rotatable bonds is 7. The van der Waals surface area contributed by atoms with Gasteiger partial charge in [0.05, 0.1) is 18.2 Å². The van der Waals surface area contributed by atoms with Crippen LogP contribution in [0.25, 0.3) is 0 Å². The highest BCUT2D eigenvalue weighted by molar-refractivity contribution is 9.10. The van der Waals surface area contributed by atoms with Crippen molar-refractivity contribution in [1.82, 2.24) is 5.32 Å². The summed E-state index contributed by atoms with van der Waals surface area (Å²) < 4.78 is 10.4. The van der Waals surface area contributed by atoms with Crippen LogP contribution in [0.4, 0.5) is 0 Å². The maximum Gasteiger partial charge on any atom is 0.239 e. The quantitative estimate of drug-likeness (QED) is 0.646. The Balaban J connectivity index is 3.02. The molecule has 0 saturated heterocycles. The molecular weight excluding hydrogens is 316 g/mol. The molecule has 0 aliphatic rings. The number of carbonyl (C=O) groups is 1. The molecule has 1 aromatic carbocycles. The zero-order valence-corrected chi connectivity index (χ0v) is 12.4. The first-order valence-electron chi connectivity index (χ1n) is 5.59. The molecule has 0 heterocycles. The second kappa shape index (κ2) is 7.32. The van der Waals surface area contributed by atoms with Crippen molar-refractivity contribution in [2.24, 2.45) is 5.73 Å². The molecule has 0 aliphatic heterocycles. The highest BCUT2D eigenvalue weighted by Gasteiger charge is 2.20. The van der Waals surface area contributed by atoms with Crippen LogP contribution < -0.4 is 15.8 Å². The lowest BCUT2D eigenvalue weighted by atomic mass is 10.1. The second-order valence-corrected chi connectivity index (χ2v) is 4.69. The van der Waals surface area contributed by atoms with Gasteiger partial charge in [0, 0.05) is 13.7 Å². The smallest absolute Gasteiger partial charge is 0.239 e. The summed E-state index contributed by atoms with van der Waals surface area (Å²) in [5.74, 6) is -0.272. The fourth-order valence-corrected chi connectivity index (χ4v) is 2.06. The van der Waals surface area contributed by atoms with Crippen LogP contribution in [0.2, 0.25) is 0 Å². The SMILES string of the molecule is COCCNC(C(N)=O)c1cc(Br)c(O)c(OC)c1. The van der Waals surface area contributed by atoms with Crippen LogP contribution in [0.1, 0.15) is 11.6 Å². The summed E-state index contributed by atoms with van der Waals surface area (Å²) in [6.07, 6.45) is 0. The lowest BCUT2D eigenvalue weighted by Crippen LogP contribution is -2.35. The predicted octanol–water partition coefficient (Wildman–Crippen LogP) is 0.926. The van der Waals surface area contributed by atoms with Crippen molar-refractivity contribution < 1.29 is 19.4 Å². The summed E-state index contributed by atoms with van der Waals surface area (Å²) in [6.45, 7) is 0.936. The van der Waals surface area contributed by atoms with Crippen molar-refractivity contribution in [1.29, 1.82) is 0 Å². The van der Waals surface area contributed by atoms with Crippen molar-refractivity contribution in [2.75, 3.05) is 27.4 Å². The van der Waals surface area contributed by atoms with Gasteiger partial charge in [-0.2, -0.15) is 0 Å². The molecule has 19 heavy (non-hydrogen) atoms. The number of hydrogen-bond donors (Lipinski definition) is 3. The number of primary amides is 1. The van der Waals surface area contributed by atoms with Crippen LogP contribution in [0.15, 0.2) is 16.6 Å². The van der Waals surface area contributed by atoms with Gasteiger partial charge >= 0.3 is 0 Å². The first-order valence-corrected chi connectivity index (χ1v) is 6.38. The zero-order valence-electron chi connectivity index (χ0n) is 10.8. The van der Waals surface area contributed by atoms with Crippen LogP contribution >= 0.6 is 15.9 Å². The third-order valence-electron chi connectivity index (χ3n) is 2.54. The van der Waals surface area contributed by atoms with Crippen LogP contribution in [-0.2, 0) is 9.53 Å². The monoisotopic (exact) mass is 332 g/mol. The minimum absolute atomic E-state index is 0.0219. The standard InChI is InChI=1S/C12H17BrN2O4/c1-18-4-3-15-10(12(14)17)7-5-8(13)11(16)9(6-7)19-2/h5-6,10,15-16H,3-4H2,1-2H3,(H2,14,17). The van der Waals surface area contributed by atoms with E-state index in [2.05, 4.69) is 21.2 Å². The molecule has 0 fully saturated rings. The lowest BCUT2D eigenvalue weighted by Gasteiger charge is -2.17. The largest absolute Gasteiger partial charge is 0.503 e. The lowest BCUT2D eigenvalue weighted by molar-refractivity contribution is -0.120. The van der Waals surface area contributed by atoms with Gasteiger partial charge in [-0.15, -0.1) is 0 Å². The molecule has 1 aromatic rings. The number of nitrogens with two attached hydrogens (primary N) is 1. The van der Waals surface area contributed by atoms with Gasteiger partial charge in [-0.1, -0.05) is 0 Å². The molecular formula is C12H17BrN2O4. The van der Waals surface area contributed by atoms with Gasteiger partial charge in [0.2, 0.25) is 5.91 Å². The van der Waals surface area contributed by atoms with Crippen LogP contribution in [0, 0.1) is 0 Å². The van der Waals surface area contributed by atoms with E-state index < -0.39 is 11.9 Å². The van der Waals surface area contributed by atoms with Gasteiger partial charge in [-0.3, -0.25) is 10.1 Å². The molecule has 4 N–H and O–H groups in total. The molecule has 1 rings (SSSR count). The average Bonchev–Trinajstić information content (AvgIpc) is 2.37. The molecule has 0 bridgehead atoms. The average molecular weight is 333 g/mol. The summed E-state index contributed by atoms with van der Waals surface area (Å²) in [7, 11) is 3.00. The van der Waals surface area contributed by atoms with E-state index in [1.165, 1.54) is 7.11 Å². The fraction of sp³-hybridized carbons (Fsp3) is 0.417. The van der Waals surface area contributed by atoms with Crippen LogP contribution in [-0.4, -0.2) is 38.4 Å². The molecule has 0 aliphatic carbocycles. The maximum atomic E-state index is 11.5. The molecule has 1 amide bonds. The van der Waals surface area contributed by atoms with Crippen molar-refractivity contribution in [3.8, 4) is 11.5 Å². The van der Waals surface area contributed by atoms with E-state index in [0.717, 1.165) is 0 Å². The van der Waals surface area contributed by atoms with Crippen molar-refractivity contribution >= 4 is 21.8 Å². The summed E-state index contributed by atoms with van der Waals surface area (Å²) in [5.41, 5.74) is 5.97. The molecule has 1 atom stereocenters. The molecule has 0 spiro atoms. The molecule has 0 aromatic heterocycles. The Bertz CT molecular complexity index is 454. The van der Waals surface area contributed by atoms with E-state index in [0.29, 0.717) is 23.2 Å². The number of nitrogens with one attached hydrogen (secondary N) is 1. The van der Waals surface area contributed by atoms with Crippen LogP contribution in [0.3, 0.4) is 0 Å². The predicted molar refractivity (Wildman–Crippen MR) is 74.2 cm³/mol. The maximum absolute atomic E-state index is 11.5. The summed E-state index contributed by atoms with van der Waals surface area (Å²) in [5, 5.41) is 12.7. The van der Waals surface area contributed by atoms with Gasteiger partial charge < -0.3 is 20.3 Å². The van der Waals surface area contributed by atoms with E-state index >= 15 is 0 Å². The topological polar surface area (TPSA) is 93.8 Å². The molecule has 0 radical (unpaired) electrons. The number of phenolic OH excluding ortho intramolecular Hbond substituents is 1. The number of halogens is 1. The van der Waals surface area contributed by atoms with E-state index in [1.54, 1.807) is 19.2 Å². The third kappa shape index (κ3) is 4.09. The number of aromatic hydroxyl groups is 1. The molecule has 7 heteroatoms. The second-order valence-electron chi connectivity index (χ2n) is 3.84. The Morgan fingerprint density at radius 2 is 2.21 bits per heavy atom. The van der Waals surface area contributed by atoms with Gasteiger partial charge in [-0.25, -0.2) is 0 Å². The molecule has 0 saturated carbocycles. The van der Waals surface area contributed by atoms with Gasteiger partial charge in [-0.05, 0) is 33.6 Å². The fourth-order valence-electron chi connectivity index (χ4n) is 1.60. The van der Waals surface area contributed by atoms with Gasteiger partial charge in [0.15, 0.2) is 11.5 Å². The number of carbonyl (C=O) groups excluding carboxylic acids is 1. The number of hydrogen-bond acceptors (Lipinski definition) is 5. The molecule has 6 nitrogen and oxygen atoms in total. The van der Waals surface area contributed by atoms with Gasteiger partial charge in [0.1, 0.15) is 6.04 Å². The first kappa shape index (κ1) is 15.7. The Morgan fingerprint density at radius 3 is 2.74 bits per heavy atom. The minimum Gasteiger partial charge on any atom is -0.503 e. The molecule has 1 unspecified atom stereocenters. The van der Waals surface area contributed by atoms with Crippen LogP contribution in [0.5, 0.6) is 11.5 Å². The van der Waals surface area contributed by atoms with E-state index in [4.69, 9.17) is 15.2 Å². The highest BCUT2D eigenvalue weighted by atomic mass is 79.9. The Morgan fingerprint density at radius 1 is 1.53 bits per heavy atom. The molecule has 106 valence electrons. The number of benzene rings is 1. The highest BCUT2D eigenvalue weighted by Crippen LogP contribution is 2.36. The summed E-state index contributed by atoms with van der Waals surface area (Å²) >= 11 is 3.20. The Hall–Kier alpha value is -1.31. The Kier molecular flexibility index (Phi) is 6.07. The summed E-state index contributed by atoms with van der Waals surface area (Å²) in [6, 6.07) is 2.50. The first-order chi connectivity index (χ1) is 9.01. The Labute approximate surface area is 120 Å².